The van der Waals surface area contributed by atoms with Crippen molar-refractivity contribution in [2.45, 2.75) is 45.1 Å². The number of carbonyl (C=O) groups is 2. The number of nitrogens with zero attached hydrogens (tertiary/aromatic N) is 4. The molecule has 1 aliphatic heterocycles. The highest BCUT2D eigenvalue weighted by atomic mass is 32.1. The fourth-order valence-corrected chi connectivity index (χ4v) is 7.93. The molecule has 1 N–H and O–H groups in total. The van der Waals surface area contributed by atoms with Crippen molar-refractivity contribution in [2.75, 3.05) is 52.1 Å². The molecule has 0 spiro atoms. The molecule has 170 valence electrons. The van der Waals surface area contributed by atoms with Crippen LogP contribution in [0.25, 0.3) is 0 Å². The lowest BCUT2D eigenvalue weighted by molar-refractivity contribution is -0.118. The number of hydrogen-bond donors (Lipinski definition) is 1. The van der Waals surface area contributed by atoms with Crippen LogP contribution in [0, 0.1) is 30.6 Å². The summed E-state index contributed by atoms with van der Waals surface area (Å²) in [6.45, 7) is 6.28. The van der Waals surface area contributed by atoms with Gasteiger partial charge in [-0.25, -0.2) is 4.98 Å². The minimum Gasteiger partial charge on any atom is -0.344 e. The molecule has 8 heteroatoms. The number of nitrogens with one attached hydrogen (secondary N) is 1. The molecular formula is C23H35N5O2S. The number of amides is 2. The van der Waals surface area contributed by atoms with Crippen LogP contribution in [-0.4, -0.2) is 84.4 Å². The summed E-state index contributed by atoms with van der Waals surface area (Å²) in [6, 6.07) is 0.801. The molecule has 5 fully saturated rings. The predicted octanol–water partition coefficient (Wildman–Crippen LogP) is 2.53. The van der Waals surface area contributed by atoms with Gasteiger partial charge in [0.05, 0.1) is 12.2 Å². The summed E-state index contributed by atoms with van der Waals surface area (Å²) in [5, 5.41) is 3.42. The van der Waals surface area contributed by atoms with Gasteiger partial charge in [0.25, 0.3) is 5.91 Å². The number of carbonyl (C=O) groups excluding carboxylic acids is 2. The van der Waals surface area contributed by atoms with Crippen LogP contribution in [-0.2, 0) is 4.79 Å². The maximum atomic E-state index is 12.6. The molecule has 2 heterocycles. The number of hydrogen-bond acceptors (Lipinski definition) is 6. The third kappa shape index (κ3) is 4.26. The Morgan fingerprint density at radius 2 is 1.65 bits per heavy atom. The van der Waals surface area contributed by atoms with Crippen molar-refractivity contribution in [1.29, 1.82) is 0 Å². The van der Waals surface area contributed by atoms with Gasteiger partial charge in [0, 0.05) is 46.3 Å². The van der Waals surface area contributed by atoms with Gasteiger partial charge in [0.1, 0.15) is 4.88 Å². The number of rotatable bonds is 5. The van der Waals surface area contributed by atoms with E-state index in [0.29, 0.717) is 22.2 Å². The van der Waals surface area contributed by atoms with Crippen LogP contribution in [0.3, 0.4) is 0 Å². The summed E-state index contributed by atoms with van der Waals surface area (Å²) in [6.07, 6.45) is 7.36. The molecule has 5 aliphatic rings. The molecule has 1 saturated heterocycles. The fraction of sp³-hybridized carbons (Fsp3) is 0.783. The Labute approximate surface area is 189 Å². The minimum atomic E-state index is -0.0728. The summed E-state index contributed by atoms with van der Waals surface area (Å²) in [5.74, 6) is 3.78. The molecule has 0 aromatic carbocycles. The number of thiazole rings is 1. The van der Waals surface area contributed by atoms with Gasteiger partial charge in [0.2, 0.25) is 5.91 Å². The van der Waals surface area contributed by atoms with E-state index in [1.165, 1.54) is 48.3 Å². The third-order valence-corrected chi connectivity index (χ3v) is 9.08. The standard InChI is InChI=1S/C23H35N5O2S/c1-14-21(22(30)26(2)3)31-23(24-14)25-19(29)13-27-4-6-28(7-5-27)20-17-9-15-8-16(11-17)12-18(20)10-15/h15-18,20H,4-13H2,1-3H3,(H,24,25,29). The van der Waals surface area contributed by atoms with Gasteiger partial charge in [-0.3, -0.25) is 19.4 Å². The molecule has 2 amide bonds. The first kappa shape index (κ1) is 21.3. The fourth-order valence-electron chi connectivity index (χ4n) is 6.93. The summed E-state index contributed by atoms with van der Waals surface area (Å²) >= 11 is 1.26. The Balaban J connectivity index is 1.12. The molecule has 1 aromatic heterocycles. The Kier molecular flexibility index (Phi) is 5.81. The van der Waals surface area contributed by atoms with Gasteiger partial charge < -0.3 is 10.2 Å². The zero-order valence-corrected chi connectivity index (χ0v) is 19.8. The van der Waals surface area contributed by atoms with E-state index >= 15 is 0 Å². The van der Waals surface area contributed by atoms with E-state index in [4.69, 9.17) is 0 Å². The quantitative estimate of drug-likeness (QED) is 0.754. The first-order valence-electron chi connectivity index (χ1n) is 11.8. The van der Waals surface area contributed by atoms with Crippen LogP contribution >= 0.6 is 11.3 Å². The SMILES string of the molecule is Cc1nc(NC(=O)CN2CCN(C3C4CC5CC(C4)CC3C5)CC2)sc1C(=O)N(C)C. The molecule has 1 aromatic rings. The van der Waals surface area contributed by atoms with Crippen LogP contribution in [0.1, 0.15) is 47.5 Å². The third-order valence-electron chi connectivity index (χ3n) is 8.02. The van der Waals surface area contributed by atoms with E-state index in [-0.39, 0.29) is 11.8 Å². The minimum absolute atomic E-state index is 0.0410. The molecular weight excluding hydrogens is 410 g/mol. The maximum Gasteiger partial charge on any atom is 0.265 e. The van der Waals surface area contributed by atoms with Gasteiger partial charge in [-0.1, -0.05) is 11.3 Å². The summed E-state index contributed by atoms with van der Waals surface area (Å²) in [7, 11) is 3.45. The topological polar surface area (TPSA) is 68.8 Å². The smallest absolute Gasteiger partial charge is 0.265 e. The molecule has 0 unspecified atom stereocenters. The van der Waals surface area contributed by atoms with E-state index in [2.05, 4.69) is 20.1 Å². The highest BCUT2D eigenvalue weighted by Gasteiger charge is 2.50. The lowest BCUT2D eigenvalue weighted by atomic mass is 9.54. The van der Waals surface area contributed by atoms with Gasteiger partial charge >= 0.3 is 0 Å². The van der Waals surface area contributed by atoms with Gasteiger partial charge in [-0.15, -0.1) is 0 Å². The number of piperazine rings is 1. The maximum absolute atomic E-state index is 12.6. The van der Waals surface area contributed by atoms with E-state index in [1.54, 1.807) is 14.1 Å². The second-order valence-electron chi connectivity index (χ2n) is 10.4. The molecule has 4 saturated carbocycles. The van der Waals surface area contributed by atoms with Crippen LogP contribution in [0.5, 0.6) is 0 Å². The number of aryl methyl sites for hydroxylation is 1. The molecule has 4 bridgehead atoms. The van der Waals surface area contributed by atoms with E-state index in [1.807, 2.05) is 6.92 Å². The monoisotopic (exact) mass is 445 g/mol. The Bertz CT molecular complexity index is 817. The summed E-state index contributed by atoms with van der Waals surface area (Å²) in [5.41, 5.74) is 0.670. The Morgan fingerprint density at radius 3 is 2.23 bits per heavy atom. The van der Waals surface area contributed by atoms with E-state index < -0.39 is 0 Å². The average molecular weight is 446 g/mol. The van der Waals surface area contributed by atoms with Gasteiger partial charge in [-0.05, 0) is 62.7 Å². The van der Waals surface area contributed by atoms with Crippen molar-refractivity contribution in [3.63, 3.8) is 0 Å². The summed E-state index contributed by atoms with van der Waals surface area (Å²) in [4.78, 5) is 36.3. The largest absolute Gasteiger partial charge is 0.344 e. The molecule has 0 atom stereocenters. The van der Waals surface area contributed by atoms with Crippen molar-refractivity contribution in [2.24, 2.45) is 23.7 Å². The van der Waals surface area contributed by atoms with Crippen molar-refractivity contribution in [1.82, 2.24) is 19.7 Å². The molecule has 31 heavy (non-hydrogen) atoms. The lowest BCUT2D eigenvalue weighted by Gasteiger charge is -2.58. The highest BCUT2D eigenvalue weighted by molar-refractivity contribution is 7.17. The number of aromatic nitrogens is 1. The zero-order chi connectivity index (χ0) is 21.7. The summed E-state index contributed by atoms with van der Waals surface area (Å²) < 4.78 is 0. The van der Waals surface area contributed by atoms with Gasteiger partial charge in [-0.2, -0.15) is 0 Å². The first-order valence-corrected chi connectivity index (χ1v) is 12.6. The number of anilines is 1. The second kappa shape index (κ2) is 8.45. The van der Waals surface area contributed by atoms with Crippen molar-refractivity contribution < 1.29 is 9.59 Å². The Morgan fingerprint density at radius 1 is 1.03 bits per heavy atom. The van der Waals surface area contributed by atoms with Gasteiger partial charge in [0.15, 0.2) is 5.13 Å². The molecule has 6 rings (SSSR count). The normalized spacial score (nSPS) is 32.9. The molecule has 0 radical (unpaired) electrons. The average Bonchev–Trinajstić information content (AvgIpc) is 3.07. The molecule has 7 nitrogen and oxygen atoms in total. The van der Waals surface area contributed by atoms with Crippen molar-refractivity contribution in [3.05, 3.63) is 10.6 Å². The Hall–Kier alpha value is -1.51. The van der Waals surface area contributed by atoms with Crippen molar-refractivity contribution >= 4 is 28.3 Å². The van der Waals surface area contributed by atoms with E-state index in [9.17, 15) is 9.59 Å². The lowest BCUT2D eigenvalue weighted by Crippen LogP contribution is -2.60. The highest BCUT2D eigenvalue weighted by Crippen LogP contribution is 2.55. The van der Waals surface area contributed by atoms with Crippen LogP contribution in [0.15, 0.2) is 0 Å². The van der Waals surface area contributed by atoms with Crippen LogP contribution in [0.2, 0.25) is 0 Å². The first-order chi connectivity index (χ1) is 14.9. The van der Waals surface area contributed by atoms with Crippen LogP contribution in [0.4, 0.5) is 5.13 Å². The van der Waals surface area contributed by atoms with E-state index in [0.717, 1.165) is 55.9 Å². The zero-order valence-electron chi connectivity index (χ0n) is 19.0. The van der Waals surface area contributed by atoms with Crippen LogP contribution < -0.4 is 5.32 Å². The molecule has 4 aliphatic carbocycles. The van der Waals surface area contributed by atoms with Crippen molar-refractivity contribution in [3.8, 4) is 0 Å². The predicted molar refractivity (Wildman–Crippen MR) is 122 cm³/mol. The second-order valence-corrected chi connectivity index (χ2v) is 11.4.